The number of hydrogen-bond donors (Lipinski definition) is 0. The summed E-state index contributed by atoms with van der Waals surface area (Å²) in [7, 11) is 1.66. The molecule has 74 valence electrons. The summed E-state index contributed by atoms with van der Waals surface area (Å²) in [6.45, 7) is 4.74. The summed E-state index contributed by atoms with van der Waals surface area (Å²) in [5.74, 6) is 0.390. The van der Waals surface area contributed by atoms with Gasteiger partial charge in [-0.05, 0) is 23.1 Å². The van der Waals surface area contributed by atoms with Crippen LogP contribution >= 0.6 is 0 Å². The van der Waals surface area contributed by atoms with Crippen molar-refractivity contribution in [2.75, 3.05) is 7.11 Å². The van der Waals surface area contributed by atoms with Crippen molar-refractivity contribution in [3.63, 3.8) is 0 Å². The zero-order valence-electron chi connectivity index (χ0n) is 8.87. The molecule has 0 radical (unpaired) electrons. The summed E-state index contributed by atoms with van der Waals surface area (Å²) >= 11 is 0. The molecule has 0 N–H and O–H groups in total. The third kappa shape index (κ3) is 2.34. The Balaban J connectivity index is 3.07. The molecular formula is C12H15NO. The monoisotopic (exact) mass is 189 g/mol. The molecule has 2 nitrogen and oxygen atoms in total. The van der Waals surface area contributed by atoms with Gasteiger partial charge in [0.25, 0.3) is 0 Å². The second-order valence-corrected chi connectivity index (χ2v) is 3.62. The Bertz CT molecular complexity index is 350. The second kappa shape index (κ2) is 4.78. The van der Waals surface area contributed by atoms with E-state index in [1.165, 1.54) is 0 Å². The Kier molecular flexibility index (Phi) is 3.67. The van der Waals surface area contributed by atoms with Gasteiger partial charge in [0.1, 0.15) is 0 Å². The lowest BCUT2D eigenvalue weighted by molar-refractivity contribution is 0.185. The number of nitriles is 1. The largest absolute Gasteiger partial charge is 0.380 e. The standard InChI is InChI=1S/C12H15NO/c1-9(2)12-5-4-10(8-14-3)6-11(12)7-13/h4-6,9H,8H2,1-3H3. The van der Waals surface area contributed by atoms with E-state index < -0.39 is 0 Å². The Hall–Kier alpha value is -1.33. The van der Waals surface area contributed by atoms with Crippen LogP contribution in [0.2, 0.25) is 0 Å². The maximum Gasteiger partial charge on any atom is 0.0994 e. The number of ether oxygens (including phenoxy) is 1. The van der Waals surface area contributed by atoms with Gasteiger partial charge in [0.2, 0.25) is 0 Å². The van der Waals surface area contributed by atoms with Crippen molar-refractivity contribution in [3.05, 3.63) is 34.9 Å². The van der Waals surface area contributed by atoms with E-state index in [4.69, 9.17) is 10.00 Å². The van der Waals surface area contributed by atoms with Crippen molar-refractivity contribution in [2.45, 2.75) is 26.4 Å². The molecule has 14 heavy (non-hydrogen) atoms. The van der Waals surface area contributed by atoms with Gasteiger partial charge in [-0.1, -0.05) is 26.0 Å². The molecule has 0 saturated heterocycles. The summed E-state index contributed by atoms with van der Waals surface area (Å²) in [6.07, 6.45) is 0. The zero-order valence-corrected chi connectivity index (χ0v) is 8.87. The van der Waals surface area contributed by atoms with Crippen LogP contribution in [0.5, 0.6) is 0 Å². The van der Waals surface area contributed by atoms with Crippen LogP contribution in [0.3, 0.4) is 0 Å². The van der Waals surface area contributed by atoms with Crippen LogP contribution in [0.4, 0.5) is 0 Å². The third-order valence-corrected chi connectivity index (χ3v) is 2.17. The van der Waals surface area contributed by atoms with E-state index in [1.807, 2.05) is 18.2 Å². The van der Waals surface area contributed by atoms with Gasteiger partial charge in [0.05, 0.1) is 18.2 Å². The van der Waals surface area contributed by atoms with Gasteiger partial charge in [-0.15, -0.1) is 0 Å². The van der Waals surface area contributed by atoms with E-state index in [9.17, 15) is 0 Å². The quantitative estimate of drug-likeness (QED) is 0.732. The van der Waals surface area contributed by atoms with Crippen LogP contribution in [-0.4, -0.2) is 7.11 Å². The van der Waals surface area contributed by atoms with Gasteiger partial charge in [0.15, 0.2) is 0 Å². The lowest BCUT2D eigenvalue weighted by atomic mass is 9.96. The topological polar surface area (TPSA) is 33.0 Å². The summed E-state index contributed by atoms with van der Waals surface area (Å²) in [6, 6.07) is 8.15. The molecule has 2 heteroatoms. The van der Waals surface area contributed by atoms with E-state index >= 15 is 0 Å². The van der Waals surface area contributed by atoms with Gasteiger partial charge >= 0.3 is 0 Å². The molecule has 0 aliphatic heterocycles. The Morgan fingerprint density at radius 1 is 1.43 bits per heavy atom. The average Bonchev–Trinajstić information content (AvgIpc) is 2.17. The Morgan fingerprint density at radius 2 is 2.14 bits per heavy atom. The fourth-order valence-corrected chi connectivity index (χ4v) is 1.46. The molecular weight excluding hydrogens is 174 g/mol. The van der Waals surface area contributed by atoms with Crippen molar-refractivity contribution in [1.82, 2.24) is 0 Å². The van der Waals surface area contributed by atoms with Crippen LogP contribution in [-0.2, 0) is 11.3 Å². The minimum absolute atomic E-state index is 0.390. The van der Waals surface area contributed by atoms with E-state index in [-0.39, 0.29) is 0 Å². The van der Waals surface area contributed by atoms with Crippen molar-refractivity contribution in [3.8, 4) is 6.07 Å². The van der Waals surface area contributed by atoms with E-state index in [2.05, 4.69) is 19.9 Å². The SMILES string of the molecule is COCc1ccc(C(C)C)c(C#N)c1. The number of benzene rings is 1. The highest BCUT2D eigenvalue weighted by atomic mass is 16.5. The third-order valence-electron chi connectivity index (χ3n) is 2.17. The van der Waals surface area contributed by atoms with E-state index in [0.717, 1.165) is 16.7 Å². The summed E-state index contributed by atoms with van der Waals surface area (Å²) in [5.41, 5.74) is 2.91. The highest BCUT2D eigenvalue weighted by Crippen LogP contribution is 2.20. The summed E-state index contributed by atoms with van der Waals surface area (Å²) < 4.78 is 5.02. The molecule has 0 unspecified atom stereocenters. The Labute approximate surface area is 85.1 Å². The number of hydrogen-bond acceptors (Lipinski definition) is 2. The summed E-state index contributed by atoms with van der Waals surface area (Å²) in [4.78, 5) is 0. The van der Waals surface area contributed by atoms with Crippen LogP contribution < -0.4 is 0 Å². The van der Waals surface area contributed by atoms with Gasteiger partial charge in [-0.3, -0.25) is 0 Å². The predicted octanol–water partition coefficient (Wildman–Crippen LogP) is 2.83. The van der Waals surface area contributed by atoms with Gasteiger partial charge in [0, 0.05) is 7.11 Å². The molecule has 0 spiro atoms. The number of nitrogens with zero attached hydrogens (tertiary/aromatic N) is 1. The van der Waals surface area contributed by atoms with Crippen LogP contribution in [0.1, 0.15) is 36.5 Å². The Morgan fingerprint density at radius 3 is 2.64 bits per heavy atom. The maximum absolute atomic E-state index is 8.97. The van der Waals surface area contributed by atoms with Gasteiger partial charge in [-0.25, -0.2) is 0 Å². The molecule has 0 atom stereocenters. The van der Waals surface area contributed by atoms with Crippen molar-refractivity contribution < 1.29 is 4.74 Å². The highest BCUT2D eigenvalue weighted by Gasteiger charge is 2.06. The first-order chi connectivity index (χ1) is 6.69. The van der Waals surface area contributed by atoms with Crippen LogP contribution in [0, 0.1) is 11.3 Å². The van der Waals surface area contributed by atoms with Crippen LogP contribution in [0.25, 0.3) is 0 Å². The van der Waals surface area contributed by atoms with Gasteiger partial charge < -0.3 is 4.74 Å². The first kappa shape index (κ1) is 10.7. The zero-order chi connectivity index (χ0) is 10.6. The van der Waals surface area contributed by atoms with Crippen molar-refractivity contribution >= 4 is 0 Å². The average molecular weight is 189 g/mol. The smallest absolute Gasteiger partial charge is 0.0994 e. The first-order valence-corrected chi connectivity index (χ1v) is 4.71. The minimum atomic E-state index is 0.390. The predicted molar refractivity (Wildman–Crippen MR) is 56.0 cm³/mol. The molecule has 0 saturated carbocycles. The first-order valence-electron chi connectivity index (χ1n) is 4.71. The van der Waals surface area contributed by atoms with Crippen LogP contribution in [0.15, 0.2) is 18.2 Å². The lowest BCUT2D eigenvalue weighted by Gasteiger charge is -2.09. The van der Waals surface area contributed by atoms with E-state index in [1.54, 1.807) is 7.11 Å². The molecule has 0 aliphatic carbocycles. The van der Waals surface area contributed by atoms with Gasteiger partial charge in [-0.2, -0.15) is 5.26 Å². The number of rotatable bonds is 3. The highest BCUT2D eigenvalue weighted by molar-refractivity contribution is 5.42. The molecule has 1 rings (SSSR count). The molecule has 0 fully saturated rings. The second-order valence-electron chi connectivity index (χ2n) is 3.62. The summed E-state index contributed by atoms with van der Waals surface area (Å²) in [5, 5.41) is 8.97. The molecule has 1 aromatic carbocycles. The molecule has 0 amide bonds. The maximum atomic E-state index is 8.97. The molecule has 0 aromatic heterocycles. The molecule has 0 heterocycles. The fourth-order valence-electron chi connectivity index (χ4n) is 1.46. The van der Waals surface area contributed by atoms with E-state index in [0.29, 0.717) is 12.5 Å². The molecule has 0 aliphatic rings. The minimum Gasteiger partial charge on any atom is -0.380 e. The van der Waals surface area contributed by atoms with Crippen molar-refractivity contribution in [2.24, 2.45) is 0 Å². The fraction of sp³-hybridized carbons (Fsp3) is 0.417. The lowest BCUT2D eigenvalue weighted by Crippen LogP contribution is -1.95. The van der Waals surface area contributed by atoms with Crippen molar-refractivity contribution in [1.29, 1.82) is 5.26 Å². The number of methoxy groups -OCH3 is 1. The normalized spacial score (nSPS) is 10.2. The molecule has 1 aromatic rings. The molecule has 0 bridgehead atoms.